The van der Waals surface area contributed by atoms with Crippen LogP contribution in [0.5, 0.6) is 11.8 Å². The average molecular weight is 288 g/mol. The third-order valence-corrected chi connectivity index (χ3v) is 4.01. The normalized spacial score (nSPS) is 16.6. The summed E-state index contributed by atoms with van der Waals surface area (Å²) in [6.45, 7) is 4.07. The van der Waals surface area contributed by atoms with E-state index in [9.17, 15) is 0 Å². The molecule has 0 aliphatic heterocycles. The molecule has 0 spiro atoms. The number of aryl methyl sites for hydroxylation is 1. The second-order valence-corrected chi connectivity index (χ2v) is 6.15. The molecule has 0 bridgehead atoms. The number of hydrogen-bond acceptors (Lipinski definition) is 3. The summed E-state index contributed by atoms with van der Waals surface area (Å²) in [7, 11) is 2.01. The molecular weight excluding hydrogens is 264 g/mol. The molecule has 0 amide bonds. The van der Waals surface area contributed by atoms with Crippen LogP contribution in [0.3, 0.4) is 0 Å². The van der Waals surface area contributed by atoms with Gasteiger partial charge in [-0.25, -0.2) is 0 Å². The number of hydrogen-bond donors (Lipinski definition) is 0. The highest BCUT2D eigenvalue weighted by Crippen LogP contribution is 2.28. The number of ether oxygens (including phenoxy) is 2. The lowest BCUT2D eigenvalue weighted by atomic mass is 9.98. The predicted octanol–water partition coefficient (Wildman–Crippen LogP) is 4.07. The van der Waals surface area contributed by atoms with Crippen LogP contribution in [0.15, 0.2) is 18.2 Å². The maximum atomic E-state index is 6.10. The van der Waals surface area contributed by atoms with Gasteiger partial charge in [0, 0.05) is 13.1 Å². The monoisotopic (exact) mass is 288 g/mol. The Balaban J connectivity index is 1.84. The maximum Gasteiger partial charge on any atom is 0.297 e. The molecule has 0 radical (unpaired) electrons. The molecular formula is C17H24N2O2. The van der Waals surface area contributed by atoms with Crippen molar-refractivity contribution in [1.82, 2.24) is 9.55 Å². The molecule has 1 aliphatic rings. The lowest BCUT2D eigenvalue weighted by Gasteiger charge is -2.22. The second-order valence-electron chi connectivity index (χ2n) is 6.15. The van der Waals surface area contributed by atoms with Crippen molar-refractivity contribution in [3.8, 4) is 11.8 Å². The van der Waals surface area contributed by atoms with Crippen molar-refractivity contribution in [3.05, 3.63) is 18.2 Å². The summed E-state index contributed by atoms with van der Waals surface area (Å²) < 4.78 is 13.9. The van der Waals surface area contributed by atoms with Gasteiger partial charge in [0.15, 0.2) is 0 Å². The molecule has 2 aromatic rings. The maximum absolute atomic E-state index is 6.10. The Labute approximate surface area is 126 Å². The van der Waals surface area contributed by atoms with Crippen LogP contribution in [0.25, 0.3) is 11.0 Å². The van der Waals surface area contributed by atoms with Crippen molar-refractivity contribution in [2.24, 2.45) is 7.05 Å². The molecule has 114 valence electrons. The zero-order valence-corrected chi connectivity index (χ0v) is 13.1. The zero-order chi connectivity index (χ0) is 14.8. The molecule has 3 rings (SSSR count). The standard InChI is InChI=1S/C17H24N2O2/c1-12(2)20-14-9-10-15-16(11-14)19(3)17(18-15)21-13-7-5-4-6-8-13/h9-13H,4-8H2,1-3H3. The summed E-state index contributed by atoms with van der Waals surface area (Å²) in [5.41, 5.74) is 2.01. The van der Waals surface area contributed by atoms with Gasteiger partial charge in [-0.3, -0.25) is 4.57 Å². The Morgan fingerprint density at radius 2 is 1.95 bits per heavy atom. The first kappa shape index (κ1) is 14.2. The minimum absolute atomic E-state index is 0.175. The SMILES string of the molecule is CC(C)Oc1ccc2nc(OC3CCCCC3)n(C)c2c1. The van der Waals surface area contributed by atoms with Gasteiger partial charge >= 0.3 is 0 Å². The minimum Gasteiger partial charge on any atom is -0.491 e. The largest absolute Gasteiger partial charge is 0.491 e. The van der Waals surface area contributed by atoms with E-state index < -0.39 is 0 Å². The second kappa shape index (κ2) is 5.96. The molecule has 1 saturated carbocycles. The highest BCUT2D eigenvalue weighted by molar-refractivity contribution is 5.78. The fourth-order valence-electron chi connectivity index (χ4n) is 2.93. The summed E-state index contributed by atoms with van der Waals surface area (Å²) in [5.74, 6) is 0.879. The molecule has 1 fully saturated rings. The smallest absolute Gasteiger partial charge is 0.297 e. The number of nitrogens with zero attached hydrogens (tertiary/aromatic N) is 2. The molecule has 1 aromatic heterocycles. The van der Waals surface area contributed by atoms with Gasteiger partial charge in [-0.1, -0.05) is 6.42 Å². The topological polar surface area (TPSA) is 36.3 Å². The van der Waals surface area contributed by atoms with Crippen molar-refractivity contribution in [1.29, 1.82) is 0 Å². The highest BCUT2D eigenvalue weighted by Gasteiger charge is 2.18. The van der Waals surface area contributed by atoms with Crippen LogP contribution in [0.1, 0.15) is 46.0 Å². The molecule has 0 N–H and O–H groups in total. The van der Waals surface area contributed by atoms with E-state index in [2.05, 4.69) is 4.98 Å². The van der Waals surface area contributed by atoms with Crippen molar-refractivity contribution in [2.75, 3.05) is 0 Å². The lowest BCUT2D eigenvalue weighted by Crippen LogP contribution is -2.21. The Bertz CT molecular complexity index is 613. The number of aromatic nitrogens is 2. The fraction of sp³-hybridized carbons (Fsp3) is 0.588. The molecule has 4 nitrogen and oxygen atoms in total. The lowest BCUT2D eigenvalue weighted by molar-refractivity contribution is 0.138. The Morgan fingerprint density at radius 3 is 2.67 bits per heavy atom. The fourth-order valence-corrected chi connectivity index (χ4v) is 2.93. The van der Waals surface area contributed by atoms with Crippen LogP contribution >= 0.6 is 0 Å². The van der Waals surface area contributed by atoms with Gasteiger partial charge in [-0.15, -0.1) is 0 Å². The quantitative estimate of drug-likeness (QED) is 0.850. The van der Waals surface area contributed by atoms with E-state index in [4.69, 9.17) is 9.47 Å². The zero-order valence-electron chi connectivity index (χ0n) is 13.1. The summed E-state index contributed by atoms with van der Waals surface area (Å²) in [4.78, 5) is 4.61. The first-order valence-electron chi connectivity index (χ1n) is 7.93. The summed E-state index contributed by atoms with van der Waals surface area (Å²) in [5, 5.41) is 0. The number of fused-ring (bicyclic) bond motifs is 1. The Hall–Kier alpha value is -1.71. The van der Waals surface area contributed by atoms with Crippen molar-refractivity contribution in [2.45, 2.75) is 58.2 Å². The van der Waals surface area contributed by atoms with Crippen molar-refractivity contribution >= 4 is 11.0 Å². The number of benzene rings is 1. The minimum atomic E-state index is 0.175. The molecule has 1 aliphatic carbocycles. The van der Waals surface area contributed by atoms with Gasteiger partial charge in [0.25, 0.3) is 6.01 Å². The van der Waals surface area contributed by atoms with Gasteiger partial charge in [0.2, 0.25) is 0 Å². The van der Waals surface area contributed by atoms with Crippen LogP contribution in [-0.4, -0.2) is 21.8 Å². The van der Waals surface area contributed by atoms with Crippen molar-refractivity contribution in [3.63, 3.8) is 0 Å². The van der Waals surface area contributed by atoms with Gasteiger partial charge in [-0.2, -0.15) is 4.98 Å². The molecule has 1 heterocycles. The van der Waals surface area contributed by atoms with Crippen molar-refractivity contribution < 1.29 is 9.47 Å². The van der Waals surface area contributed by atoms with Crippen LogP contribution < -0.4 is 9.47 Å². The van der Waals surface area contributed by atoms with Gasteiger partial charge in [-0.05, 0) is 51.7 Å². The molecule has 0 unspecified atom stereocenters. The van der Waals surface area contributed by atoms with E-state index in [-0.39, 0.29) is 6.10 Å². The Kier molecular flexibility index (Phi) is 4.04. The average Bonchev–Trinajstić information content (AvgIpc) is 2.76. The van der Waals surface area contributed by atoms with Crippen LogP contribution in [0, 0.1) is 0 Å². The van der Waals surface area contributed by atoms with E-state index in [0.717, 1.165) is 35.6 Å². The predicted molar refractivity (Wildman–Crippen MR) is 84.0 cm³/mol. The number of imidazole rings is 1. The molecule has 1 aromatic carbocycles. The van der Waals surface area contributed by atoms with E-state index >= 15 is 0 Å². The van der Waals surface area contributed by atoms with Crippen LogP contribution in [0.4, 0.5) is 0 Å². The first-order chi connectivity index (χ1) is 10.1. The van der Waals surface area contributed by atoms with E-state index in [1.165, 1.54) is 19.3 Å². The van der Waals surface area contributed by atoms with Crippen LogP contribution in [-0.2, 0) is 7.05 Å². The van der Waals surface area contributed by atoms with E-state index in [1.807, 2.05) is 43.7 Å². The molecule has 0 atom stereocenters. The summed E-state index contributed by atoms with van der Waals surface area (Å²) in [6.07, 6.45) is 6.64. The highest BCUT2D eigenvalue weighted by atomic mass is 16.5. The van der Waals surface area contributed by atoms with Gasteiger partial charge < -0.3 is 9.47 Å². The third kappa shape index (κ3) is 3.14. The summed E-state index contributed by atoms with van der Waals surface area (Å²) in [6, 6.07) is 6.73. The van der Waals surface area contributed by atoms with Gasteiger partial charge in [0.05, 0.1) is 17.1 Å². The third-order valence-electron chi connectivity index (χ3n) is 4.01. The molecule has 21 heavy (non-hydrogen) atoms. The van der Waals surface area contributed by atoms with Gasteiger partial charge in [0.1, 0.15) is 11.9 Å². The number of rotatable bonds is 4. The van der Waals surface area contributed by atoms with Crippen LogP contribution in [0.2, 0.25) is 0 Å². The Morgan fingerprint density at radius 1 is 1.19 bits per heavy atom. The molecule has 0 saturated heterocycles. The first-order valence-corrected chi connectivity index (χ1v) is 7.93. The molecule has 4 heteroatoms. The van der Waals surface area contributed by atoms with E-state index in [1.54, 1.807) is 0 Å². The van der Waals surface area contributed by atoms with E-state index in [0.29, 0.717) is 6.10 Å². The summed E-state index contributed by atoms with van der Waals surface area (Å²) >= 11 is 0.